The van der Waals surface area contributed by atoms with Crippen molar-refractivity contribution >= 4 is 11.9 Å². The van der Waals surface area contributed by atoms with E-state index in [1.54, 1.807) is 6.92 Å². The van der Waals surface area contributed by atoms with Gasteiger partial charge in [-0.05, 0) is 25.3 Å². The van der Waals surface area contributed by atoms with Crippen LogP contribution >= 0.6 is 0 Å². The van der Waals surface area contributed by atoms with Crippen LogP contribution in [0.1, 0.15) is 61.9 Å². The minimum Gasteiger partial charge on any atom is -0.295 e. The Bertz CT molecular complexity index is 424. The van der Waals surface area contributed by atoms with Crippen molar-refractivity contribution in [3.05, 3.63) is 53.6 Å². The molecule has 0 atom stereocenters. The molecule has 0 unspecified atom stereocenters. The van der Waals surface area contributed by atoms with E-state index in [4.69, 9.17) is 0 Å². The molecular weight excluding hydrogens is 232 g/mol. The SMILES string of the molecule is CCCCCC/C=C/C=C/c1ccc(C(C)=O)cc1. The normalized spacial score (nSPS) is 11.5. The molecule has 0 N–H and O–H groups in total. The summed E-state index contributed by atoms with van der Waals surface area (Å²) in [4.78, 5) is 11.1. The average Bonchev–Trinajstić information content (AvgIpc) is 2.42. The third kappa shape index (κ3) is 6.76. The first-order valence-electron chi connectivity index (χ1n) is 7.18. The van der Waals surface area contributed by atoms with E-state index in [1.807, 2.05) is 24.3 Å². The minimum absolute atomic E-state index is 0.113. The summed E-state index contributed by atoms with van der Waals surface area (Å²) in [7, 11) is 0. The molecule has 1 rings (SSSR count). The van der Waals surface area contributed by atoms with Crippen LogP contribution in [-0.2, 0) is 0 Å². The molecule has 19 heavy (non-hydrogen) atoms. The Kier molecular flexibility index (Phi) is 7.57. The predicted molar refractivity (Wildman–Crippen MR) is 83.4 cm³/mol. The fourth-order valence-electron chi connectivity index (χ4n) is 1.86. The first kappa shape index (κ1) is 15.4. The third-order valence-corrected chi connectivity index (χ3v) is 3.08. The molecule has 1 nitrogen and oxygen atoms in total. The van der Waals surface area contributed by atoms with E-state index in [2.05, 4.69) is 31.2 Å². The van der Waals surface area contributed by atoms with Gasteiger partial charge in [-0.25, -0.2) is 0 Å². The Morgan fingerprint density at radius 2 is 1.79 bits per heavy atom. The molecule has 0 aromatic heterocycles. The highest BCUT2D eigenvalue weighted by Gasteiger charge is 1.96. The molecular formula is C18H24O. The number of hydrogen-bond donors (Lipinski definition) is 0. The van der Waals surface area contributed by atoms with Gasteiger partial charge >= 0.3 is 0 Å². The molecule has 0 radical (unpaired) electrons. The molecule has 1 aromatic carbocycles. The van der Waals surface area contributed by atoms with Crippen LogP contribution in [0.25, 0.3) is 6.08 Å². The molecule has 0 amide bonds. The largest absolute Gasteiger partial charge is 0.295 e. The van der Waals surface area contributed by atoms with Crippen molar-refractivity contribution in [2.75, 3.05) is 0 Å². The minimum atomic E-state index is 0.113. The van der Waals surface area contributed by atoms with Crippen LogP contribution in [0.15, 0.2) is 42.5 Å². The number of ketones is 1. The zero-order valence-corrected chi connectivity index (χ0v) is 12.1. The number of Topliss-reactive ketones (excluding diaryl/α,β-unsaturated/α-hetero) is 1. The number of carbonyl (C=O) groups excluding carboxylic acids is 1. The van der Waals surface area contributed by atoms with Crippen molar-refractivity contribution in [1.82, 2.24) is 0 Å². The van der Waals surface area contributed by atoms with Crippen LogP contribution in [-0.4, -0.2) is 5.78 Å². The summed E-state index contributed by atoms with van der Waals surface area (Å²) in [5, 5.41) is 0. The monoisotopic (exact) mass is 256 g/mol. The van der Waals surface area contributed by atoms with Gasteiger partial charge in [0.2, 0.25) is 0 Å². The summed E-state index contributed by atoms with van der Waals surface area (Å²) in [6, 6.07) is 7.69. The van der Waals surface area contributed by atoms with E-state index in [-0.39, 0.29) is 5.78 Å². The predicted octanol–water partition coefficient (Wildman–Crippen LogP) is 5.43. The Labute approximate surface area is 117 Å². The van der Waals surface area contributed by atoms with Gasteiger partial charge in [0.15, 0.2) is 5.78 Å². The second kappa shape index (κ2) is 9.32. The van der Waals surface area contributed by atoms with Gasteiger partial charge in [-0.3, -0.25) is 4.79 Å². The van der Waals surface area contributed by atoms with Gasteiger partial charge < -0.3 is 0 Å². The van der Waals surface area contributed by atoms with Crippen molar-refractivity contribution in [1.29, 1.82) is 0 Å². The summed E-state index contributed by atoms with van der Waals surface area (Å²) in [5.41, 5.74) is 1.89. The summed E-state index contributed by atoms with van der Waals surface area (Å²) in [5.74, 6) is 0.113. The molecule has 102 valence electrons. The third-order valence-electron chi connectivity index (χ3n) is 3.08. The van der Waals surface area contributed by atoms with Gasteiger partial charge in [0.1, 0.15) is 0 Å². The number of unbranched alkanes of at least 4 members (excludes halogenated alkanes) is 4. The molecule has 0 bridgehead atoms. The highest BCUT2D eigenvalue weighted by molar-refractivity contribution is 5.94. The van der Waals surface area contributed by atoms with Crippen molar-refractivity contribution in [2.45, 2.75) is 46.0 Å². The fourth-order valence-corrected chi connectivity index (χ4v) is 1.86. The van der Waals surface area contributed by atoms with E-state index in [0.717, 1.165) is 17.5 Å². The highest BCUT2D eigenvalue weighted by atomic mass is 16.1. The molecule has 0 spiro atoms. The molecule has 0 fully saturated rings. The van der Waals surface area contributed by atoms with Crippen molar-refractivity contribution in [3.63, 3.8) is 0 Å². The Morgan fingerprint density at radius 1 is 1.05 bits per heavy atom. The Balaban J connectivity index is 2.32. The van der Waals surface area contributed by atoms with Crippen LogP contribution in [0.5, 0.6) is 0 Å². The second-order valence-corrected chi connectivity index (χ2v) is 4.81. The maximum absolute atomic E-state index is 11.1. The number of allylic oxidation sites excluding steroid dienone is 3. The number of benzene rings is 1. The molecule has 0 aliphatic heterocycles. The molecule has 1 aromatic rings. The second-order valence-electron chi connectivity index (χ2n) is 4.81. The van der Waals surface area contributed by atoms with Crippen LogP contribution in [0.2, 0.25) is 0 Å². The van der Waals surface area contributed by atoms with E-state index in [1.165, 1.54) is 25.7 Å². The standard InChI is InChI=1S/C18H24O/c1-3-4-5-6-7-8-9-10-11-17-12-14-18(15-13-17)16(2)19/h8-15H,3-7H2,1-2H3/b9-8+,11-10+. The zero-order chi connectivity index (χ0) is 13.9. The summed E-state index contributed by atoms with van der Waals surface area (Å²) in [6.45, 7) is 3.82. The quantitative estimate of drug-likeness (QED) is 0.344. The highest BCUT2D eigenvalue weighted by Crippen LogP contribution is 2.07. The van der Waals surface area contributed by atoms with Crippen LogP contribution in [0.3, 0.4) is 0 Å². The van der Waals surface area contributed by atoms with E-state index in [0.29, 0.717) is 0 Å². The number of carbonyl (C=O) groups is 1. The zero-order valence-electron chi connectivity index (χ0n) is 12.1. The Morgan fingerprint density at radius 3 is 2.42 bits per heavy atom. The topological polar surface area (TPSA) is 17.1 Å². The van der Waals surface area contributed by atoms with Crippen molar-refractivity contribution in [2.24, 2.45) is 0 Å². The Hall–Kier alpha value is -1.63. The van der Waals surface area contributed by atoms with E-state index < -0.39 is 0 Å². The lowest BCUT2D eigenvalue weighted by Gasteiger charge is -1.96. The summed E-state index contributed by atoms with van der Waals surface area (Å²) in [6.07, 6.45) is 14.8. The van der Waals surface area contributed by atoms with Crippen molar-refractivity contribution in [3.8, 4) is 0 Å². The first-order valence-corrected chi connectivity index (χ1v) is 7.18. The molecule has 1 heteroatoms. The van der Waals surface area contributed by atoms with Crippen LogP contribution in [0.4, 0.5) is 0 Å². The van der Waals surface area contributed by atoms with E-state index in [9.17, 15) is 4.79 Å². The smallest absolute Gasteiger partial charge is 0.159 e. The van der Waals surface area contributed by atoms with Gasteiger partial charge in [-0.1, -0.05) is 74.8 Å². The maximum atomic E-state index is 11.1. The van der Waals surface area contributed by atoms with Gasteiger partial charge in [0, 0.05) is 5.56 Å². The summed E-state index contributed by atoms with van der Waals surface area (Å²) >= 11 is 0. The number of hydrogen-bond acceptors (Lipinski definition) is 1. The first-order chi connectivity index (χ1) is 9.24. The summed E-state index contributed by atoms with van der Waals surface area (Å²) < 4.78 is 0. The fraction of sp³-hybridized carbons (Fsp3) is 0.389. The van der Waals surface area contributed by atoms with Gasteiger partial charge in [0.25, 0.3) is 0 Å². The van der Waals surface area contributed by atoms with E-state index >= 15 is 0 Å². The van der Waals surface area contributed by atoms with Crippen LogP contribution in [0, 0.1) is 0 Å². The molecule has 0 aliphatic carbocycles. The molecule has 0 saturated heterocycles. The lowest BCUT2D eigenvalue weighted by atomic mass is 10.1. The van der Waals surface area contributed by atoms with Gasteiger partial charge in [-0.15, -0.1) is 0 Å². The molecule has 0 saturated carbocycles. The lowest BCUT2D eigenvalue weighted by molar-refractivity contribution is 0.101. The van der Waals surface area contributed by atoms with Crippen molar-refractivity contribution < 1.29 is 4.79 Å². The average molecular weight is 256 g/mol. The maximum Gasteiger partial charge on any atom is 0.159 e. The van der Waals surface area contributed by atoms with Gasteiger partial charge in [-0.2, -0.15) is 0 Å². The number of rotatable bonds is 8. The lowest BCUT2D eigenvalue weighted by Crippen LogP contribution is -1.90. The van der Waals surface area contributed by atoms with Gasteiger partial charge in [0.05, 0.1) is 0 Å². The molecule has 0 heterocycles. The van der Waals surface area contributed by atoms with Crippen LogP contribution < -0.4 is 0 Å². The molecule has 0 aliphatic rings.